The lowest BCUT2D eigenvalue weighted by Crippen LogP contribution is -2.15. The summed E-state index contributed by atoms with van der Waals surface area (Å²) in [6, 6.07) is 7.19. The zero-order valence-corrected chi connectivity index (χ0v) is 11.6. The van der Waals surface area contributed by atoms with Crippen molar-refractivity contribution in [1.82, 2.24) is 9.55 Å². The number of nitrogens with zero attached hydrogens (tertiary/aromatic N) is 2. The number of benzene rings is 1. The number of phenolic OH excluding ortho intramolecular Hbond substituents is 1. The molecule has 4 N–H and O–H groups in total. The highest BCUT2D eigenvalue weighted by molar-refractivity contribution is 5.90. The molecule has 0 saturated carbocycles. The summed E-state index contributed by atoms with van der Waals surface area (Å²) in [6.45, 7) is 0.362. The number of hydrogen-bond acceptors (Lipinski definition) is 4. The highest BCUT2D eigenvalue weighted by Crippen LogP contribution is 2.18. The van der Waals surface area contributed by atoms with Gasteiger partial charge in [-0.2, -0.15) is 0 Å². The van der Waals surface area contributed by atoms with Crippen LogP contribution in [0, 0.1) is 0 Å². The first-order valence-corrected chi connectivity index (χ1v) is 6.83. The Labute approximate surface area is 122 Å². The van der Waals surface area contributed by atoms with Gasteiger partial charge in [0.15, 0.2) is 0 Å². The highest BCUT2D eigenvalue weighted by atomic mass is 16.3. The van der Waals surface area contributed by atoms with Crippen molar-refractivity contribution in [2.75, 3.05) is 0 Å². The molecule has 0 spiro atoms. The van der Waals surface area contributed by atoms with Crippen LogP contribution in [-0.4, -0.2) is 31.8 Å². The summed E-state index contributed by atoms with van der Waals surface area (Å²) in [5, 5.41) is 19.6. The fraction of sp³-hybridized carbons (Fsp3) is 0.333. The van der Waals surface area contributed by atoms with Gasteiger partial charge in [0.1, 0.15) is 11.4 Å². The summed E-state index contributed by atoms with van der Waals surface area (Å²) in [5.74, 6) is -0.296. The van der Waals surface area contributed by atoms with Crippen LogP contribution in [0.1, 0.15) is 28.9 Å². The van der Waals surface area contributed by atoms with Gasteiger partial charge in [0.25, 0.3) is 5.91 Å². The molecule has 1 aromatic heterocycles. The van der Waals surface area contributed by atoms with Crippen molar-refractivity contribution < 1.29 is 15.0 Å². The number of para-hydroxylation sites is 1. The van der Waals surface area contributed by atoms with Gasteiger partial charge in [0.2, 0.25) is 0 Å². The molecule has 112 valence electrons. The number of primary amides is 1. The Morgan fingerprint density at radius 1 is 1.38 bits per heavy atom. The number of hydrogen-bond donors (Lipinski definition) is 3. The van der Waals surface area contributed by atoms with Crippen LogP contribution in [0.5, 0.6) is 5.75 Å². The Balaban J connectivity index is 1.78. The van der Waals surface area contributed by atoms with Gasteiger partial charge >= 0.3 is 0 Å². The van der Waals surface area contributed by atoms with Gasteiger partial charge in [-0.05, 0) is 30.9 Å². The summed E-state index contributed by atoms with van der Waals surface area (Å²) >= 11 is 0. The zero-order valence-electron chi connectivity index (χ0n) is 11.6. The average molecular weight is 289 g/mol. The monoisotopic (exact) mass is 289 g/mol. The van der Waals surface area contributed by atoms with E-state index in [1.807, 2.05) is 12.1 Å². The number of phenols is 1. The number of aliphatic hydroxyl groups excluding tert-OH is 1. The third-order valence-corrected chi connectivity index (χ3v) is 3.28. The molecule has 2 rings (SSSR count). The second-order valence-electron chi connectivity index (χ2n) is 4.99. The van der Waals surface area contributed by atoms with Gasteiger partial charge in [-0.3, -0.25) is 4.79 Å². The molecule has 1 aromatic carbocycles. The van der Waals surface area contributed by atoms with Crippen LogP contribution < -0.4 is 5.73 Å². The lowest BCUT2D eigenvalue weighted by Gasteiger charge is -2.11. The molecule has 0 aliphatic carbocycles. The molecule has 1 amide bonds. The molecule has 0 saturated heterocycles. The minimum atomic E-state index is -0.581. The van der Waals surface area contributed by atoms with Crippen LogP contribution in [0.2, 0.25) is 0 Å². The normalized spacial score (nSPS) is 12.2. The number of nitrogens with two attached hydrogens (primary N) is 1. The molecule has 1 heterocycles. The van der Waals surface area contributed by atoms with Crippen LogP contribution in [0.4, 0.5) is 0 Å². The van der Waals surface area contributed by atoms with Crippen molar-refractivity contribution in [2.24, 2.45) is 5.73 Å². The molecule has 0 radical (unpaired) electrons. The Bertz CT molecular complexity index is 610. The van der Waals surface area contributed by atoms with Crippen LogP contribution in [0.25, 0.3) is 0 Å². The molecule has 6 nitrogen and oxygen atoms in total. The maximum atomic E-state index is 10.9. The van der Waals surface area contributed by atoms with Crippen molar-refractivity contribution >= 4 is 5.91 Å². The van der Waals surface area contributed by atoms with Crippen LogP contribution in [0.15, 0.2) is 36.8 Å². The molecule has 0 unspecified atom stereocenters. The van der Waals surface area contributed by atoms with Crippen LogP contribution in [-0.2, 0) is 13.0 Å². The van der Waals surface area contributed by atoms with Crippen molar-refractivity contribution in [2.45, 2.75) is 31.9 Å². The van der Waals surface area contributed by atoms with E-state index in [0.717, 1.165) is 12.0 Å². The van der Waals surface area contributed by atoms with E-state index < -0.39 is 12.0 Å². The molecule has 2 aromatic rings. The lowest BCUT2D eigenvalue weighted by atomic mass is 10.1. The minimum Gasteiger partial charge on any atom is -0.508 e. The van der Waals surface area contributed by atoms with Crippen molar-refractivity contribution in [3.63, 3.8) is 0 Å². The third-order valence-electron chi connectivity index (χ3n) is 3.28. The molecule has 0 bridgehead atoms. The smallest absolute Gasteiger partial charge is 0.268 e. The molecule has 1 atom stereocenters. The van der Waals surface area contributed by atoms with Gasteiger partial charge in [0.05, 0.1) is 12.4 Å². The maximum absolute atomic E-state index is 10.9. The van der Waals surface area contributed by atoms with E-state index >= 15 is 0 Å². The van der Waals surface area contributed by atoms with Crippen molar-refractivity contribution in [3.8, 4) is 5.75 Å². The molecule has 21 heavy (non-hydrogen) atoms. The summed E-state index contributed by atoms with van der Waals surface area (Å²) in [5.41, 5.74) is 6.18. The molecule has 0 aliphatic heterocycles. The number of carbonyl (C=O) groups excluding carboxylic acids is 1. The number of aliphatic hydroxyl groups is 1. The Morgan fingerprint density at radius 3 is 2.81 bits per heavy atom. The van der Waals surface area contributed by atoms with Crippen molar-refractivity contribution in [1.29, 1.82) is 0 Å². The van der Waals surface area contributed by atoms with E-state index in [2.05, 4.69) is 4.98 Å². The third kappa shape index (κ3) is 4.32. The van der Waals surface area contributed by atoms with E-state index in [1.165, 1.54) is 12.5 Å². The SMILES string of the molecule is NC(=O)c1cn(C[C@@H](O)CCCc2ccccc2O)cn1. The molecule has 0 aliphatic rings. The fourth-order valence-electron chi connectivity index (χ4n) is 2.17. The number of aromatic hydroxyl groups is 1. The summed E-state index contributed by atoms with van der Waals surface area (Å²) in [4.78, 5) is 14.8. The second-order valence-corrected chi connectivity index (χ2v) is 4.99. The van der Waals surface area contributed by atoms with Gasteiger partial charge in [-0.1, -0.05) is 18.2 Å². The minimum absolute atomic E-state index is 0.191. The topological polar surface area (TPSA) is 101 Å². The molecular weight excluding hydrogens is 270 g/mol. The largest absolute Gasteiger partial charge is 0.508 e. The lowest BCUT2D eigenvalue weighted by molar-refractivity contribution is 0.0995. The molecule has 0 fully saturated rings. The predicted molar refractivity (Wildman–Crippen MR) is 77.8 cm³/mol. The number of rotatable bonds is 7. The molecular formula is C15H19N3O3. The van der Waals surface area contributed by atoms with E-state index in [1.54, 1.807) is 16.7 Å². The van der Waals surface area contributed by atoms with E-state index in [4.69, 9.17) is 5.73 Å². The van der Waals surface area contributed by atoms with Gasteiger partial charge < -0.3 is 20.5 Å². The number of aromatic nitrogens is 2. The Kier molecular flexibility index (Phi) is 4.94. The average Bonchev–Trinajstić information content (AvgIpc) is 2.89. The zero-order chi connectivity index (χ0) is 15.2. The van der Waals surface area contributed by atoms with Crippen LogP contribution in [0.3, 0.4) is 0 Å². The summed E-state index contributed by atoms with van der Waals surface area (Å²) in [6.07, 6.45) is 4.53. The van der Waals surface area contributed by atoms with Gasteiger partial charge in [-0.25, -0.2) is 4.98 Å². The van der Waals surface area contributed by atoms with Crippen LogP contribution >= 0.6 is 0 Å². The molecule has 6 heteroatoms. The first-order chi connectivity index (χ1) is 10.1. The number of amides is 1. The Morgan fingerprint density at radius 2 is 2.14 bits per heavy atom. The van der Waals surface area contributed by atoms with E-state index in [9.17, 15) is 15.0 Å². The quantitative estimate of drug-likeness (QED) is 0.709. The van der Waals surface area contributed by atoms with Crippen molar-refractivity contribution in [3.05, 3.63) is 48.0 Å². The first kappa shape index (κ1) is 15.1. The maximum Gasteiger partial charge on any atom is 0.268 e. The van der Waals surface area contributed by atoms with Gasteiger partial charge in [0, 0.05) is 12.7 Å². The number of imidazole rings is 1. The first-order valence-electron chi connectivity index (χ1n) is 6.83. The standard InChI is InChI=1S/C15H19N3O3/c16-15(21)13-9-18(10-17-13)8-12(19)6-3-5-11-4-1-2-7-14(11)20/h1-2,4,7,9-10,12,19-20H,3,5-6,8H2,(H2,16,21)/t12-/m0/s1. The number of aryl methyl sites for hydroxylation is 1. The second kappa shape index (κ2) is 6.90. The summed E-state index contributed by atoms with van der Waals surface area (Å²) < 4.78 is 1.64. The number of carbonyl (C=O) groups is 1. The van der Waals surface area contributed by atoms with E-state index in [0.29, 0.717) is 19.4 Å². The highest BCUT2D eigenvalue weighted by Gasteiger charge is 2.09. The predicted octanol–water partition coefficient (Wildman–Crippen LogP) is 1.07. The fourth-order valence-corrected chi connectivity index (χ4v) is 2.17. The van der Waals surface area contributed by atoms with E-state index in [-0.39, 0.29) is 11.4 Å². The Hall–Kier alpha value is -2.34. The summed E-state index contributed by atoms with van der Waals surface area (Å²) in [7, 11) is 0. The van der Waals surface area contributed by atoms with Gasteiger partial charge in [-0.15, -0.1) is 0 Å².